The molecule has 2 aliphatic heterocycles. The largest absolute Gasteiger partial charge is 0.480 e. The third-order valence-corrected chi connectivity index (χ3v) is 18.6. The van der Waals surface area contributed by atoms with Gasteiger partial charge >= 0.3 is 23.9 Å². The van der Waals surface area contributed by atoms with Crippen molar-refractivity contribution in [2.24, 2.45) is 0 Å². The number of benzene rings is 3. The van der Waals surface area contributed by atoms with Crippen LogP contribution in [0.2, 0.25) is 0 Å². The lowest BCUT2D eigenvalue weighted by molar-refractivity contribution is -0.158. The maximum Gasteiger partial charge on any atom is 0.323 e. The number of aliphatic carboxylic acids is 1. The Balaban J connectivity index is 0.852. The van der Waals surface area contributed by atoms with E-state index < -0.39 is 67.4 Å². The van der Waals surface area contributed by atoms with Crippen LogP contribution in [-0.2, 0) is 83.8 Å². The van der Waals surface area contributed by atoms with Crippen LogP contribution in [0, 0.1) is 0 Å². The molecule has 101 heavy (non-hydrogen) atoms. The minimum atomic E-state index is -4.44. The van der Waals surface area contributed by atoms with Crippen molar-refractivity contribution >= 4 is 73.2 Å². The van der Waals surface area contributed by atoms with Gasteiger partial charge in [-0.25, -0.2) is 26.5 Å². The van der Waals surface area contributed by atoms with E-state index in [-0.39, 0.29) is 98.4 Å². The number of nitrogens with one attached hydrogen (secondary N) is 6. The number of fused-ring (bicyclic) bond motifs is 1. The minimum absolute atomic E-state index is 0.00669. The molecule has 32 heteroatoms. The van der Waals surface area contributed by atoms with Gasteiger partial charge in [0, 0.05) is 128 Å². The topological polar surface area (TPSA) is 368 Å². The summed E-state index contributed by atoms with van der Waals surface area (Å²) in [7, 11) is -8.33. The van der Waals surface area contributed by atoms with E-state index in [2.05, 4.69) is 35.4 Å². The number of Topliss-reactive ketones (excluding diaryl/α,β-unsaturated/α-hetero) is 1. The van der Waals surface area contributed by atoms with Crippen molar-refractivity contribution in [3.05, 3.63) is 90.3 Å². The van der Waals surface area contributed by atoms with E-state index in [0.29, 0.717) is 133 Å². The Labute approximate surface area is 593 Å². The number of aromatic amines is 1. The molecule has 30 nitrogen and oxygen atoms in total. The van der Waals surface area contributed by atoms with Crippen molar-refractivity contribution in [3.8, 4) is 11.1 Å². The number of rotatable bonds is 36. The summed E-state index contributed by atoms with van der Waals surface area (Å²) in [5, 5.41) is 18.7. The molecule has 0 aliphatic carbocycles. The lowest BCUT2D eigenvalue weighted by atomic mass is 9.92. The van der Waals surface area contributed by atoms with E-state index in [0.717, 1.165) is 5.56 Å². The second-order valence-corrected chi connectivity index (χ2v) is 31.0. The predicted octanol–water partition coefficient (Wildman–Crippen LogP) is 3.49. The number of H-pyrrole nitrogens is 1. The fraction of sp³-hybridized carbons (Fsp3) is 0.594. The van der Waals surface area contributed by atoms with Gasteiger partial charge in [0.05, 0.1) is 62.4 Å². The summed E-state index contributed by atoms with van der Waals surface area (Å²) in [4.78, 5) is 108. The van der Waals surface area contributed by atoms with Gasteiger partial charge in [0.2, 0.25) is 31.9 Å². The highest BCUT2D eigenvalue weighted by Crippen LogP contribution is 2.32. The summed E-state index contributed by atoms with van der Waals surface area (Å²) in [5.41, 5.74) is 0.892. The molecular formula is C69H104N12O18S2. The average Bonchev–Trinajstić information content (AvgIpc) is 0.967. The standard InChI is InChI=1S/C69H104N12O18S2/c1-11-81-57-42-50(44-74-66-71-26-27-72-66)14-23-55(57)59(82)43-58(81)64(87)73-45-56(65(88)89)76-101(92,93)54-21-17-52(18-22-54)51-15-19-53(20-16-51)100(90,91)75-25-13-37-95-39-41-96-40-38-94-36-12-24-70-60(83)46-77-28-30-78(47-61(84)97-67(2,3)4)32-34-80(49-63(86)99-69(8,9)10)35-33-79(31-29-77)48-62(85)98-68(5,6)7/h14-23,26-27,42,56,58,75-76H,11-13,24-25,28-41,43-49H2,1-10H3,(H,70,83)(H,73,87)(H,88,89)(H2,71,72,74). The molecule has 2 amide bonds. The first-order valence-electron chi connectivity index (χ1n) is 34.1. The normalized spacial score (nSPS) is 16.3. The first-order chi connectivity index (χ1) is 47.7. The highest BCUT2D eigenvalue weighted by atomic mass is 32.2. The van der Waals surface area contributed by atoms with Gasteiger partial charge in [-0.15, -0.1) is 0 Å². The number of carbonyl (C=O) groups is 7. The summed E-state index contributed by atoms with van der Waals surface area (Å²) in [5.74, 6) is -3.25. The number of ketones is 1. The molecule has 0 radical (unpaired) electrons. The monoisotopic (exact) mass is 1450 g/mol. The molecule has 3 aromatic carbocycles. The SMILES string of the molecule is CCN1c2cc(CNc3ncc[nH]3)ccc2C(=O)CC1C(=O)NCC(NS(=O)(=O)c1ccc(-c2ccc(S(=O)(=O)NCCCOCCOCCOCCCNC(=O)CN3CCN(CC(=O)OC(C)(C)C)CCN(CC(=O)OC(C)(C)C)CCN(CC(=O)OC(C)(C)C)CC3)cc2)cc1)C(=O)O. The Morgan fingerprint density at radius 3 is 1.50 bits per heavy atom. The molecule has 1 saturated heterocycles. The maximum absolute atomic E-state index is 13.6. The first-order valence-corrected chi connectivity index (χ1v) is 37.1. The number of aromatic nitrogens is 2. The molecule has 0 saturated carbocycles. The van der Waals surface area contributed by atoms with Crippen LogP contribution in [0.5, 0.6) is 0 Å². The van der Waals surface area contributed by atoms with Gasteiger partial charge in [0.15, 0.2) is 11.7 Å². The van der Waals surface area contributed by atoms with Crippen LogP contribution in [-0.4, -0.2) is 266 Å². The van der Waals surface area contributed by atoms with E-state index in [9.17, 15) is 55.5 Å². The number of sulfonamides is 2. The highest BCUT2D eigenvalue weighted by molar-refractivity contribution is 7.89. The van der Waals surface area contributed by atoms with Crippen molar-refractivity contribution < 1.29 is 83.9 Å². The van der Waals surface area contributed by atoms with Crippen molar-refractivity contribution in [2.75, 3.05) is 155 Å². The van der Waals surface area contributed by atoms with E-state index in [1.807, 2.05) is 94.9 Å². The molecule has 1 aromatic heterocycles. The van der Waals surface area contributed by atoms with Crippen molar-refractivity contribution in [3.63, 3.8) is 0 Å². The van der Waals surface area contributed by atoms with Gasteiger partial charge in [-0.1, -0.05) is 30.3 Å². The molecule has 560 valence electrons. The number of hydrogen-bond acceptors (Lipinski definition) is 24. The van der Waals surface area contributed by atoms with Crippen LogP contribution in [0.25, 0.3) is 11.1 Å². The average molecular weight is 1450 g/mol. The Hall–Kier alpha value is -7.50. The van der Waals surface area contributed by atoms with E-state index >= 15 is 0 Å². The van der Waals surface area contributed by atoms with Crippen LogP contribution < -0.4 is 30.3 Å². The fourth-order valence-corrected chi connectivity index (χ4v) is 13.1. The highest BCUT2D eigenvalue weighted by Gasteiger charge is 2.37. The molecule has 2 aliphatic rings. The fourth-order valence-electron chi connectivity index (χ4n) is 10.9. The van der Waals surface area contributed by atoms with Gasteiger partial charge in [-0.3, -0.25) is 53.2 Å². The zero-order valence-electron chi connectivity index (χ0n) is 59.9. The second-order valence-electron chi connectivity index (χ2n) is 27.5. The summed E-state index contributed by atoms with van der Waals surface area (Å²) < 4.78 is 91.9. The molecule has 6 rings (SSSR count). The summed E-state index contributed by atoms with van der Waals surface area (Å²) in [6.45, 7) is 24.0. The molecule has 7 N–H and O–H groups in total. The number of carboxylic acids is 1. The number of carboxylic acid groups (broad SMARTS) is 1. The number of anilines is 2. The van der Waals surface area contributed by atoms with Crippen LogP contribution >= 0.6 is 0 Å². The van der Waals surface area contributed by atoms with Crippen LogP contribution in [0.15, 0.2) is 88.9 Å². The molecular weight excluding hydrogens is 1350 g/mol. The first kappa shape index (κ1) is 82.5. The van der Waals surface area contributed by atoms with Gasteiger partial charge in [0.25, 0.3) is 0 Å². The number of nitrogens with zero attached hydrogens (tertiary/aromatic N) is 6. The van der Waals surface area contributed by atoms with E-state index in [1.165, 1.54) is 36.4 Å². The zero-order valence-corrected chi connectivity index (χ0v) is 61.6. The van der Waals surface area contributed by atoms with Gasteiger partial charge in [0.1, 0.15) is 28.9 Å². The number of amides is 2. The number of imidazole rings is 1. The molecule has 2 unspecified atom stereocenters. The smallest absolute Gasteiger partial charge is 0.323 e. The van der Waals surface area contributed by atoms with Gasteiger partial charge in [-0.05, 0) is 135 Å². The lowest BCUT2D eigenvalue weighted by Gasteiger charge is -2.37. The van der Waals surface area contributed by atoms with E-state index in [4.69, 9.17) is 28.4 Å². The van der Waals surface area contributed by atoms with Crippen LogP contribution in [0.4, 0.5) is 11.6 Å². The summed E-state index contributed by atoms with van der Waals surface area (Å²) >= 11 is 0. The third kappa shape index (κ3) is 29.8. The number of likely N-dealkylation sites (N-methyl/N-ethyl adjacent to an activating group) is 1. The van der Waals surface area contributed by atoms with Crippen LogP contribution in [0.1, 0.15) is 104 Å². The summed E-state index contributed by atoms with van der Waals surface area (Å²) in [6, 6.07) is 14.1. The number of esters is 3. The van der Waals surface area contributed by atoms with Gasteiger partial charge < -0.3 is 59.4 Å². The lowest BCUT2D eigenvalue weighted by Crippen LogP contribution is -2.54. The molecule has 4 aromatic rings. The van der Waals surface area contributed by atoms with Crippen molar-refractivity contribution in [1.29, 1.82) is 0 Å². The van der Waals surface area contributed by atoms with Crippen molar-refractivity contribution in [1.82, 2.24) is 49.6 Å². The van der Waals surface area contributed by atoms with Crippen LogP contribution in [0.3, 0.4) is 0 Å². The maximum atomic E-state index is 13.6. The second kappa shape index (κ2) is 39.2. The Morgan fingerprint density at radius 1 is 0.604 bits per heavy atom. The third-order valence-electron chi connectivity index (χ3n) is 15.7. The Bertz CT molecular complexity index is 3520. The molecule has 1 fully saturated rings. The van der Waals surface area contributed by atoms with E-state index in [1.54, 1.807) is 41.6 Å². The number of hydrogen-bond donors (Lipinski definition) is 7. The Kier molecular flexibility index (Phi) is 32.0. The zero-order chi connectivity index (χ0) is 74.0. The quantitative estimate of drug-likeness (QED) is 0.0195. The Morgan fingerprint density at radius 2 is 1.06 bits per heavy atom. The number of carbonyl (C=O) groups excluding carboxylic acids is 6. The summed E-state index contributed by atoms with van der Waals surface area (Å²) in [6.07, 6.45) is 4.04. The molecule has 2 atom stereocenters. The van der Waals surface area contributed by atoms with Gasteiger partial charge in [-0.2, -0.15) is 4.72 Å². The molecule has 0 spiro atoms. The van der Waals surface area contributed by atoms with Crippen molar-refractivity contribution in [2.45, 2.75) is 134 Å². The predicted molar refractivity (Wildman–Crippen MR) is 378 cm³/mol. The number of ether oxygens (including phenoxy) is 6. The molecule has 3 heterocycles. The minimum Gasteiger partial charge on any atom is -0.480 e. The molecule has 0 bridgehead atoms.